The molecular formula is C20H31N. The molecule has 0 saturated heterocycles. The van der Waals surface area contributed by atoms with Crippen LogP contribution >= 0.6 is 0 Å². The van der Waals surface area contributed by atoms with Crippen molar-refractivity contribution in [1.82, 2.24) is 5.32 Å². The molecule has 2 atom stereocenters. The summed E-state index contributed by atoms with van der Waals surface area (Å²) in [7, 11) is 0. The maximum Gasteiger partial charge on any atom is 0.0325 e. The summed E-state index contributed by atoms with van der Waals surface area (Å²) < 4.78 is 0. The van der Waals surface area contributed by atoms with Gasteiger partial charge in [-0.2, -0.15) is 0 Å². The van der Waals surface area contributed by atoms with E-state index in [1.165, 1.54) is 38.5 Å². The zero-order chi connectivity index (χ0) is 15.1. The highest BCUT2D eigenvalue weighted by molar-refractivity contribution is 5.38. The standard InChI is InChI=1S/C20H31N/c1-19(2)12-7-8-15(14-19)21-18-11-13-20(3,4)17-10-6-5-9-16(17)18/h5-6,9-10,15,18,21H,7-8,11-14H2,1-4H3. The van der Waals surface area contributed by atoms with Crippen LogP contribution < -0.4 is 5.32 Å². The number of fused-ring (bicyclic) bond motifs is 1. The van der Waals surface area contributed by atoms with Gasteiger partial charge in [0.2, 0.25) is 0 Å². The van der Waals surface area contributed by atoms with Gasteiger partial charge in [0, 0.05) is 12.1 Å². The van der Waals surface area contributed by atoms with Crippen LogP contribution in [0.25, 0.3) is 0 Å². The van der Waals surface area contributed by atoms with Crippen LogP contribution in [0.15, 0.2) is 24.3 Å². The molecule has 0 bridgehead atoms. The summed E-state index contributed by atoms with van der Waals surface area (Å²) >= 11 is 0. The fourth-order valence-corrected chi connectivity index (χ4v) is 4.51. The Morgan fingerprint density at radius 2 is 1.76 bits per heavy atom. The van der Waals surface area contributed by atoms with Crippen LogP contribution in [0.4, 0.5) is 0 Å². The lowest BCUT2D eigenvalue weighted by atomic mass is 9.70. The molecule has 0 spiro atoms. The Balaban J connectivity index is 1.78. The average molecular weight is 285 g/mol. The maximum absolute atomic E-state index is 4.01. The van der Waals surface area contributed by atoms with Crippen LogP contribution in [0.5, 0.6) is 0 Å². The molecule has 0 amide bonds. The molecular weight excluding hydrogens is 254 g/mol. The van der Waals surface area contributed by atoms with Crippen molar-refractivity contribution in [2.24, 2.45) is 5.41 Å². The van der Waals surface area contributed by atoms with Gasteiger partial charge in [-0.1, -0.05) is 58.4 Å². The van der Waals surface area contributed by atoms with E-state index in [0.29, 0.717) is 22.9 Å². The fourth-order valence-electron chi connectivity index (χ4n) is 4.51. The van der Waals surface area contributed by atoms with Gasteiger partial charge in [-0.3, -0.25) is 0 Å². The predicted octanol–water partition coefficient (Wildman–Crippen LogP) is 5.36. The first-order valence-electron chi connectivity index (χ1n) is 8.73. The summed E-state index contributed by atoms with van der Waals surface area (Å²) in [6.45, 7) is 9.65. The van der Waals surface area contributed by atoms with Crippen LogP contribution in [0.3, 0.4) is 0 Å². The van der Waals surface area contributed by atoms with Gasteiger partial charge in [-0.15, -0.1) is 0 Å². The van der Waals surface area contributed by atoms with E-state index < -0.39 is 0 Å². The summed E-state index contributed by atoms with van der Waals surface area (Å²) in [5.74, 6) is 0. The van der Waals surface area contributed by atoms with E-state index in [9.17, 15) is 0 Å². The first-order valence-corrected chi connectivity index (χ1v) is 8.73. The van der Waals surface area contributed by atoms with Gasteiger partial charge in [0.1, 0.15) is 0 Å². The highest BCUT2D eigenvalue weighted by Crippen LogP contribution is 2.43. The lowest BCUT2D eigenvalue weighted by molar-refractivity contribution is 0.182. The van der Waals surface area contributed by atoms with Gasteiger partial charge in [-0.05, 0) is 54.1 Å². The van der Waals surface area contributed by atoms with Crippen LogP contribution in [0.1, 0.15) is 83.4 Å². The fraction of sp³-hybridized carbons (Fsp3) is 0.700. The van der Waals surface area contributed by atoms with Crippen LogP contribution in [0, 0.1) is 5.41 Å². The van der Waals surface area contributed by atoms with Crippen molar-refractivity contribution in [3.8, 4) is 0 Å². The molecule has 1 saturated carbocycles. The molecule has 116 valence electrons. The van der Waals surface area contributed by atoms with E-state index in [2.05, 4.69) is 57.3 Å². The minimum absolute atomic E-state index is 0.334. The molecule has 1 aromatic rings. The summed E-state index contributed by atoms with van der Waals surface area (Å²) in [6, 6.07) is 10.4. The molecule has 1 heteroatoms. The highest BCUT2D eigenvalue weighted by Gasteiger charge is 2.35. The normalized spacial score (nSPS) is 30.7. The smallest absolute Gasteiger partial charge is 0.0325 e. The molecule has 1 nitrogen and oxygen atoms in total. The van der Waals surface area contributed by atoms with E-state index >= 15 is 0 Å². The second-order valence-corrected chi connectivity index (χ2v) is 8.69. The molecule has 3 rings (SSSR count). The quantitative estimate of drug-likeness (QED) is 0.771. The summed E-state index contributed by atoms with van der Waals surface area (Å²) in [5.41, 5.74) is 3.96. The zero-order valence-electron chi connectivity index (χ0n) is 14.2. The third kappa shape index (κ3) is 3.18. The molecule has 0 aliphatic heterocycles. The number of hydrogen-bond acceptors (Lipinski definition) is 1. The van der Waals surface area contributed by atoms with E-state index in [1.54, 1.807) is 11.1 Å². The minimum atomic E-state index is 0.334. The molecule has 1 N–H and O–H groups in total. The number of benzene rings is 1. The second kappa shape index (κ2) is 5.43. The van der Waals surface area contributed by atoms with Crippen molar-refractivity contribution < 1.29 is 0 Å². The lowest BCUT2D eigenvalue weighted by Gasteiger charge is -2.42. The van der Waals surface area contributed by atoms with Crippen molar-refractivity contribution in [1.29, 1.82) is 0 Å². The lowest BCUT2D eigenvalue weighted by Crippen LogP contribution is -2.42. The summed E-state index contributed by atoms with van der Waals surface area (Å²) in [6.07, 6.45) is 8.02. The first-order chi connectivity index (χ1) is 9.87. The Kier molecular flexibility index (Phi) is 3.90. The SMILES string of the molecule is CC1(C)CCCC(NC2CCC(C)(C)c3ccccc32)C1. The molecule has 0 radical (unpaired) electrons. The Morgan fingerprint density at radius 3 is 2.52 bits per heavy atom. The Hall–Kier alpha value is -0.820. The van der Waals surface area contributed by atoms with Crippen molar-refractivity contribution in [2.45, 2.75) is 83.7 Å². The molecule has 2 aliphatic rings. The van der Waals surface area contributed by atoms with Gasteiger partial charge in [0.15, 0.2) is 0 Å². The van der Waals surface area contributed by atoms with Crippen molar-refractivity contribution in [3.05, 3.63) is 35.4 Å². The molecule has 1 fully saturated rings. The topological polar surface area (TPSA) is 12.0 Å². The Labute approximate surface area is 130 Å². The highest BCUT2D eigenvalue weighted by atomic mass is 15.0. The van der Waals surface area contributed by atoms with Crippen LogP contribution in [-0.2, 0) is 5.41 Å². The molecule has 0 aromatic heterocycles. The van der Waals surface area contributed by atoms with E-state index in [1.807, 2.05) is 0 Å². The monoisotopic (exact) mass is 285 g/mol. The predicted molar refractivity (Wildman–Crippen MR) is 90.6 cm³/mol. The number of rotatable bonds is 2. The van der Waals surface area contributed by atoms with Crippen LogP contribution in [0.2, 0.25) is 0 Å². The number of nitrogens with one attached hydrogen (secondary N) is 1. The van der Waals surface area contributed by atoms with Crippen molar-refractivity contribution in [3.63, 3.8) is 0 Å². The molecule has 21 heavy (non-hydrogen) atoms. The first kappa shape index (κ1) is 15.1. The van der Waals surface area contributed by atoms with Crippen molar-refractivity contribution >= 4 is 0 Å². The Bertz CT molecular complexity index is 500. The number of hydrogen-bond donors (Lipinski definition) is 1. The van der Waals surface area contributed by atoms with E-state index in [-0.39, 0.29) is 0 Å². The van der Waals surface area contributed by atoms with Gasteiger partial charge in [-0.25, -0.2) is 0 Å². The molecule has 0 heterocycles. The summed E-state index contributed by atoms with van der Waals surface area (Å²) in [4.78, 5) is 0. The third-order valence-corrected chi connectivity index (χ3v) is 5.77. The average Bonchev–Trinajstić information content (AvgIpc) is 2.41. The minimum Gasteiger partial charge on any atom is -0.307 e. The van der Waals surface area contributed by atoms with Crippen molar-refractivity contribution in [2.75, 3.05) is 0 Å². The van der Waals surface area contributed by atoms with E-state index in [4.69, 9.17) is 0 Å². The maximum atomic E-state index is 4.01. The molecule has 2 unspecified atom stereocenters. The molecule has 2 aliphatic carbocycles. The molecule has 1 aromatic carbocycles. The second-order valence-electron chi connectivity index (χ2n) is 8.69. The van der Waals surface area contributed by atoms with Gasteiger partial charge < -0.3 is 5.32 Å². The van der Waals surface area contributed by atoms with Gasteiger partial charge in [0.25, 0.3) is 0 Å². The summed E-state index contributed by atoms with van der Waals surface area (Å²) in [5, 5.41) is 4.01. The Morgan fingerprint density at radius 1 is 1.00 bits per heavy atom. The van der Waals surface area contributed by atoms with Crippen LogP contribution in [-0.4, -0.2) is 6.04 Å². The largest absolute Gasteiger partial charge is 0.307 e. The van der Waals surface area contributed by atoms with Gasteiger partial charge in [0.05, 0.1) is 0 Å². The van der Waals surface area contributed by atoms with E-state index in [0.717, 1.165) is 0 Å². The third-order valence-electron chi connectivity index (χ3n) is 5.77. The zero-order valence-corrected chi connectivity index (χ0v) is 14.2. The van der Waals surface area contributed by atoms with Gasteiger partial charge >= 0.3 is 0 Å².